The Morgan fingerprint density at radius 3 is 2.29 bits per heavy atom. The number of carbonyl (C=O) groups excluding carboxylic acids is 1. The van der Waals surface area contributed by atoms with Gasteiger partial charge < -0.3 is 15.8 Å². The van der Waals surface area contributed by atoms with Crippen molar-refractivity contribution in [1.82, 2.24) is 10.0 Å². The number of benzene rings is 1. The van der Waals surface area contributed by atoms with Gasteiger partial charge in [0.1, 0.15) is 5.75 Å². The van der Waals surface area contributed by atoms with Crippen molar-refractivity contribution in [3.8, 4) is 5.75 Å². The number of ether oxygens (including phenoxy) is 1. The summed E-state index contributed by atoms with van der Waals surface area (Å²) >= 11 is 0. The molecule has 0 heterocycles. The summed E-state index contributed by atoms with van der Waals surface area (Å²) in [5.74, 6) is -1.09. The molecule has 0 aliphatic rings. The highest BCUT2D eigenvalue weighted by Gasteiger charge is 2.31. The zero-order chi connectivity index (χ0) is 17.5. The summed E-state index contributed by atoms with van der Waals surface area (Å²) in [7, 11) is -4.02. The molecule has 7 nitrogen and oxygen atoms in total. The lowest BCUT2D eigenvalue weighted by molar-refractivity contribution is -0.274. The Bertz CT molecular complexity index is 623. The van der Waals surface area contributed by atoms with Crippen LogP contribution in [0.5, 0.6) is 5.75 Å². The minimum absolute atomic E-state index is 0. The van der Waals surface area contributed by atoms with Crippen LogP contribution in [0.2, 0.25) is 0 Å². The smallest absolute Gasteiger partial charge is 0.406 e. The zero-order valence-corrected chi connectivity index (χ0v) is 13.9. The third-order valence-corrected chi connectivity index (χ3v) is 3.91. The predicted octanol–water partition coefficient (Wildman–Crippen LogP) is 0.750. The van der Waals surface area contributed by atoms with Crippen molar-refractivity contribution in [3.05, 3.63) is 24.3 Å². The number of hydrogen-bond acceptors (Lipinski definition) is 5. The maximum absolute atomic E-state index is 12.0. The highest BCUT2D eigenvalue weighted by atomic mass is 35.5. The van der Waals surface area contributed by atoms with Gasteiger partial charge in [-0.2, -0.15) is 0 Å². The topological polar surface area (TPSA) is 111 Å². The van der Waals surface area contributed by atoms with Crippen molar-refractivity contribution in [1.29, 1.82) is 0 Å². The Labute approximate surface area is 143 Å². The van der Waals surface area contributed by atoms with Gasteiger partial charge in [0.05, 0.1) is 11.4 Å². The summed E-state index contributed by atoms with van der Waals surface area (Å²) in [6.45, 7) is 0.215. The summed E-state index contributed by atoms with van der Waals surface area (Å²) in [6.07, 6.45) is -4.31. The normalized spacial score (nSPS) is 11.5. The van der Waals surface area contributed by atoms with Gasteiger partial charge in [0.2, 0.25) is 15.9 Å². The number of nitrogens with one attached hydrogen (secondary N) is 2. The molecule has 0 aliphatic heterocycles. The van der Waals surface area contributed by atoms with E-state index in [1.807, 2.05) is 4.72 Å². The second-order valence-corrected chi connectivity index (χ2v) is 6.10. The second-order valence-electron chi connectivity index (χ2n) is 4.34. The molecule has 0 spiro atoms. The minimum atomic E-state index is -4.86. The molecular weight excluding hydrogens is 375 g/mol. The molecule has 0 saturated heterocycles. The number of carbonyl (C=O) groups is 1. The van der Waals surface area contributed by atoms with Crippen LogP contribution in [-0.4, -0.2) is 40.3 Å². The van der Waals surface area contributed by atoms with Crippen molar-refractivity contribution in [2.75, 3.05) is 19.6 Å². The molecule has 1 aromatic carbocycles. The maximum Gasteiger partial charge on any atom is 0.573 e. The maximum atomic E-state index is 12.0. The number of rotatable bonds is 8. The Balaban J connectivity index is 0.00000529. The first-order chi connectivity index (χ1) is 10.6. The SMILES string of the molecule is Cl.NCCCNC(=O)CNS(=O)(=O)c1ccc(OC(F)(F)F)cc1. The van der Waals surface area contributed by atoms with Crippen molar-refractivity contribution < 1.29 is 31.1 Å². The molecule has 1 rings (SSSR count). The molecule has 24 heavy (non-hydrogen) atoms. The number of alkyl halides is 3. The molecule has 1 aromatic rings. The van der Waals surface area contributed by atoms with E-state index in [1.165, 1.54) is 0 Å². The van der Waals surface area contributed by atoms with Crippen LogP contribution in [-0.2, 0) is 14.8 Å². The molecule has 0 saturated carbocycles. The van der Waals surface area contributed by atoms with E-state index in [1.54, 1.807) is 0 Å². The van der Waals surface area contributed by atoms with Crippen LogP contribution < -0.4 is 20.5 Å². The fraction of sp³-hybridized carbons (Fsp3) is 0.417. The van der Waals surface area contributed by atoms with Crippen LogP contribution in [0.1, 0.15) is 6.42 Å². The van der Waals surface area contributed by atoms with E-state index in [4.69, 9.17) is 5.73 Å². The fourth-order valence-electron chi connectivity index (χ4n) is 1.46. The molecule has 138 valence electrons. The molecule has 0 radical (unpaired) electrons. The van der Waals surface area contributed by atoms with E-state index in [0.29, 0.717) is 19.5 Å². The Morgan fingerprint density at radius 1 is 1.21 bits per heavy atom. The molecule has 0 fully saturated rings. The molecule has 0 atom stereocenters. The van der Waals surface area contributed by atoms with E-state index < -0.39 is 34.6 Å². The van der Waals surface area contributed by atoms with Crippen LogP contribution in [0.15, 0.2) is 29.2 Å². The molecule has 0 aliphatic carbocycles. The van der Waals surface area contributed by atoms with Gasteiger partial charge in [-0.15, -0.1) is 25.6 Å². The monoisotopic (exact) mass is 391 g/mol. The van der Waals surface area contributed by atoms with Crippen molar-refractivity contribution in [3.63, 3.8) is 0 Å². The van der Waals surface area contributed by atoms with Crippen molar-refractivity contribution in [2.45, 2.75) is 17.7 Å². The molecule has 0 unspecified atom stereocenters. The Kier molecular flexibility index (Phi) is 9.04. The highest BCUT2D eigenvalue weighted by molar-refractivity contribution is 7.89. The van der Waals surface area contributed by atoms with Gasteiger partial charge in [-0.25, -0.2) is 13.1 Å². The summed E-state index contributed by atoms with van der Waals surface area (Å²) in [4.78, 5) is 11.1. The number of nitrogens with two attached hydrogens (primary N) is 1. The van der Waals surface area contributed by atoms with Gasteiger partial charge in [-0.1, -0.05) is 0 Å². The largest absolute Gasteiger partial charge is 0.573 e. The van der Waals surface area contributed by atoms with Gasteiger partial charge in [-0.3, -0.25) is 4.79 Å². The van der Waals surface area contributed by atoms with E-state index in [9.17, 15) is 26.4 Å². The molecule has 0 bridgehead atoms. The van der Waals surface area contributed by atoms with Crippen LogP contribution in [0, 0.1) is 0 Å². The second kappa shape index (κ2) is 9.67. The lowest BCUT2D eigenvalue weighted by Crippen LogP contribution is -2.37. The first-order valence-electron chi connectivity index (χ1n) is 6.46. The summed E-state index contributed by atoms with van der Waals surface area (Å²) in [5, 5.41) is 2.45. The van der Waals surface area contributed by atoms with E-state index in [2.05, 4.69) is 10.1 Å². The van der Waals surface area contributed by atoms with Crippen LogP contribution in [0.4, 0.5) is 13.2 Å². The summed E-state index contributed by atoms with van der Waals surface area (Å²) < 4.78 is 65.5. The van der Waals surface area contributed by atoms with Gasteiger partial charge in [0.25, 0.3) is 0 Å². The number of sulfonamides is 1. The third kappa shape index (κ3) is 8.34. The van der Waals surface area contributed by atoms with E-state index >= 15 is 0 Å². The van der Waals surface area contributed by atoms with E-state index in [0.717, 1.165) is 24.3 Å². The summed E-state index contributed by atoms with van der Waals surface area (Å²) in [6, 6.07) is 3.61. The number of halogens is 4. The van der Waals surface area contributed by atoms with E-state index in [-0.39, 0.29) is 17.3 Å². The van der Waals surface area contributed by atoms with Gasteiger partial charge in [0, 0.05) is 6.54 Å². The number of amides is 1. The number of hydrogen-bond donors (Lipinski definition) is 3. The van der Waals surface area contributed by atoms with Crippen molar-refractivity contribution in [2.24, 2.45) is 5.73 Å². The molecule has 1 amide bonds. The molecular formula is C12H17ClF3N3O4S. The first-order valence-corrected chi connectivity index (χ1v) is 7.94. The van der Waals surface area contributed by atoms with Crippen LogP contribution in [0.3, 0.4) is 0 Å². The lowest BCUT2D eigenvalue weighted by atomic mass is 10.3. The zero-order valence-electron chi connectivity index (χ0n) is 12.3. The molecule has 0 aromatic heterocycles. The highest BCUT2D eigenvalue weighted by Crippen LogP contribution is 2.23. The molecule has 4 N–H and O–H groups in total. The fourth-order valence-corrected chi connectivity index (χ4v) is 2.44. The van der Waals surface area contributed by atoms with Gasteiger partial charge in [-0.05, 0) is 37.2 Å². The predicted molar refractivity (Wildman–Crippen MR) is 82.2 cm³/mol. The van der Waals surface area contributed by atoms with Crippen LogP contribution >= 0.6 is 12.4 Å². The minimum Gasteiger partial charge on any atom is -0.406 e. The van der Waals surface area contributed by atoms with Gasteiger partial charge in [0.15, 0.2) is 0 Å². The first kappa shape index (κ1) is 22.4. The Hall–Kier alpha value is -1.56. The summed E-state index contributed by atoms with van der Waals surface area (Å²) in [5.41, 5.74) is 5.24. The standard InChI is InChI=1S/C12H16F3N3O4S.ClH/c13-12(14,15)22-9-2-4-10(5-3-9)23(20,21)18-8-11(19)17-7-1-6-16;/h2-5,18H,1,6-8,16H2,(H,17,19);1H. The van der Waals surface area contributed by atoms with Gasteiger partial charge >= 0.3 is 6.36 Å². The lowest BCUT2D eigenvalue weighted by Gasteiger charge is -2.10. The van der Waals surface area contributed by atoms with Crippen molar-refractivity contribution >= 4 is 28.3 Å². The van der Waals surface area contributed by atoms with Crippen LogP contribution in [0.25, 0.3) is 0 Å². The quantitative estimate of drug-likeness (QED) is 0.566. The Morgan fingerprint density at radius 2 is 1.79 bits per heavy atom. The molecule has 12 heteroatoms. The average molecular weight is 392 g/mol. The third-order valence-electron chi connectivity index (χ3n) is 2.49. The average Bonchev–Trinajstić information content (AvgIpc) is 2.44.